The number of nitrogens with zero attached hydrogens (tertiary/aromatic N) is 1. The molecular weight excluding hydrogens is 498 g/mol. The molecule has 0 saturated heterocycles. The number of ether oxygens (including phenoxy) is 3. The number of esters is 2. The molecule has 0 rings (SSSR count). The third-order valence-electron chi connectivity index (χ3n) is 6.66. The molecule has 0 aliphatic rings. The quantitative estimate of drug-likeness (QED) is 0.0565. The van der Waals surface area contributed by atoms with Gasteiger partial charge in [0.05, 0.1) is 34.4 Å². The minimum atomic E-state index is -0.880. The second kappa shape index (κ2) is 23.9. The number of rotatable bonds is 26. The summed E-state index contributed by atoms with van der Waals surface area (Å²) in [7, 11) is 5.49. The topological polar surface area (TPSA) is 99.1 Å². The standard InChI is InChI=1S/C31H57NO7/c1-6-8-10-12-13-14-15-16-17-18-20-22-30(34)39-27(26-38-29(33)21-19-11-9-7-2)25-37-24-23-28(31(35)36)32(3,4)5/h12-13,27-28H,6-11,14-26H2,1-5H3/p+1/b13-12-. The number of carbonyl (C=O) groups is 3. The zero-order chi connectivity index (χ0) is 29.4. The summed E-state index contributed by atoms with van der Waals surface area (Å²) in [6, 6.07) is -0.607. The Labute approximate surface area is 238 Å². The Kier molecular flexibility index (Phi) is 22.7. The first-order valence-corrected chi connectivity index (χ1v) is 15.2. The number of quaternary nitrogens is 1. The Bertz CT molecular complexity index is 672. The van der Waals surface area contributed by atoms with Crippen molar-refractivity contribution in [2.24, 2.45) is 0 Å². The van der Waals surface area contributed by atoms with E-state index >= 15 is 0 Å². The van der Waals surface area contributed by atoms with Gasteiger partial charge < -0.3 is 23.8 Å². The highest BCUT2D eigenvalue weighted by atomic mass is 16.6. The van der Waals surface area contributed by atoms with Gasteiger partial charge in [0.15, 0.2) is 12.1 Å². The molecule has 0 aromatic rings. The summed E-state index contributed by atoms with van der Waals surface area (Å²) >= 11 is 0. The van der Waals surface area contributed by atoms with Crippen molar-refractivity contribution < 1.29 is 38.2 Å². The van der Waals surface area contributed by atoms with Gasteiger partial charge in [-0.15, -0.1) is 0 Å². The predicted molar refractivity (Wildman–Crippen MR) is 155 cm³/mol. The molecule has 8 heteroatoms. The van der Waals surface area contributed by atoms with Crippen molar-refractivity contribution in [3.8, 4) is 0 Å². The van der Waals surface area contributed by atoms with Crippen molar-refractivity contribution in [1.82, 2.24) is 0 Å². The lowest BCUT2D eigenvalue weighted by molar-refractivity contribution is -0.887. The number of carboxylic acid groups (broad SMARTS) is 1. The number of hydrogen-bond donors (Lipinski definition) is 1. The van der Waals surface area contributed by atoms with Gasteiger partial charge in [-0.1, -0.05) is 77.4 Å². The fraction of sp³-hybridized carbons (Fsp3) is 0.839. The lowest BCUT2D eigenvalue weighted by Crippen LogP contribution is -2.50. The van der Waals surface area contributed by atoms with Crippen LogP contribution in [-0.4, -0.2) is 80.6 Å². The molecule has 0 aromatic heterocycles. The Morgan fingerprint density at radius 2 is 1.31 bits per heavy atom. The van der Waals surface area contributed by atoms with Crippen LogP contribution in [0.5, 0.6) is 0 Å². The van der Waals surface area contributed by atoms with Gasteiger partial charge in [-0.2, -0.15) is 0 Å². The molecular formula is C31H58NO7+. The highest BCUT2D eigenvalue weighted by Crippen LogP contribution is 2.12. The Morgan fingerprint density at radius 1 is 0.744 bits per heavy atom. The van der Waals surface area contributed by atoms with Crippen molar-refractivity contribution in [3.63, 3.8) is 0 Å². The SMILES string of the molecule is CCCC/C=C\CCCCCCCC(=O)OC(COCCC(C(=O)O)[N+](C)(C)C)COC(=O)CCCCCC. The third-order valence-corrected chi connectivity index (χ3v) is 6.66. The summed E-state index contributed by atoms with van der Waals surface area (Å²) in [6.07, 6.45) is 18.7. The van der Waals surface area contributed by atoms with Crippen LogP contribution in [0.25, 0.3) is 0 Å². The highest BCUT2D eigenvalue weighted by molar-refractivity contribution is 5.72. The third kappa shape index (κ3) is 22.6. The Morgan fingerprint density at radius 3 is 1.92 bits per heavy atom. The van der Waals surface area contributed by atoms with E-state index in [1.165, 1.54) is 25.7 Å². The van der Waals surface area contributed by atoms with Crippen LogP contribution in [-0.2, 0) is 28.6 Å². The molecule has 228 valence electrons. The van der Waals surface area contributed by atoms with Crippen LogP contribution in [0.15, 0.2) is 12.2 Å². The number of carboxylic acids is 1. The molecule has 39 heavy (non-hydrogen) atoms. The molecule has 0 spiro atoms. The second-order valence-corrected chi connectivity index (χ2v) is 11.4. The molecule has 0 heterocycles. The molecule has 2 unspecified atom stereocenters. The van der Waals surface area contributed by atoms with E-state index in [4.69, 9.17) is 14.2 Å². The zero-order valence-electron chi connectivity index (χ0n) is 25.6. The van der Waals surface area contributed by atoms with E-state index in [1.54, 1.807) is 0 Å². The van der Waals surface area contributed by atoms with Crippen molar-refractivity contribution in [2.45, 2.75) is 129 Å². The largest absolute Gasteiger partial charge is 0.477 e. The van der Waals surface area contributed by atoms with Crippen molar-refractivity contribution in [2.75, 3.05) is 41.0 Å². The zero-order valence-corrected chi connectivity index (χ0v) is 25.6. The summed E-state index contributed by atoms with van der Waals surface area (Å²) in [4.78, 5) is 36.1. The second-order valence-electron chi connectivity index (χ2n) is 11.4. The fourth-order valence-corrected chi connectivity index (χ4v) is 4.19. The van der Waals surface area contributed by atoms with Crippen LogP contribution in [0.1, 0.15) is 117 Å². The van der Waals surface area contributed by atoms with Gasteiger partial charge in [-0.05, 0) is 32.1 Å². The predicted octanol–water partition coefficient (Wildman–Crippen LogP) is 6.46. The average Bonchev–Trinajstić information content (AvgIpc) is 2.87. The molecule has 0 bridgehead atoms. The van der Waals surface area contributed by atoms with Gasteiger partial charge >= 0.3 is 17.9 Å². The number of likely N-dealkylation sites (N-methyl/N-ethyl adjacent to an activating group) is 1. The molecule has 0 amide bonds. The van der Waals surface area contributed by atoms with Gasteiger partial charge in [0, 0.05) is 19.3 Å². The van der Waals surface area contributed by atoms with E-state index in [0.29, 0.717) is 19.3 Å². The summed E-state index contributed by atoms with van der Waals surface area (Å²) in [5.41, 5.74) is 0. The van der Waals surface area contributed by atoms with Gasteiger partial charge in [-0.25, -0.2) is 4.79 Å². The first-order valence-electron chi connectivity index (χ1n) is 15.2. The monoisotopic (exact) mass is 556 g/mol. The minimum absolute atomic E-state index is 0.0538. The van der Waals surface area contributed by atoms with E-state index in [2.05, 4.69) is 26.0 Å². The first kappa shape index (κ1) is 37.1. The molecule has 0 fully saturated rings. The molecule has 0 aliphatic heterocycles. The maximum atomic E-state index is 12.5. The molecule has 1 N–H and O–H groups in total. The smallest absolute Gasteiger partial charge is 0.362 e. The molecule has 0 aromatic carbocycles. The normalized spacial score (nSPS) is 13.4. The van der Waals surface area contributed by atoms with Crippen molar-refractivity contribution >= 4 is 17.9 Å². The molecule has 0 radical (unpaired) electrons. The van der Waals surface area contributed by atoms with Crippen LogP contribution in [0.4, 0.5) is 0 Å². The van der Waals surface area contributed by atoms with Crippen LogP contribution in [0, 0.1) is 0 Å². The number of aliphatic carboxylic acids is 1. The first-order chi connectivity index (χ1) is 18.6. The Hall–Kier alpha value is -1.93. The molecule has 0 saturated carbocycles. The number of allylic oxidation sites excluding steroid dienone is 2. The van der Waals surface area contributed by atoms with Gasteiger partial charge in [0.2, 0.25) is 0 Å². The average molecular weight is 557 g/mol. The molecule has 0 aliphatic carbocycles. The van der Waals surface area contributed by atoms with E-state index < -0.39 is 18.1 Å². The number of hydrogen-bond acceptors (Lipinski definition) is 6. The van der Waals surface area contributed by atoms with Gasteiger partial charge in [0.25, 0.3) is 0 Å². The molecule has 8 nitrogen and oxygen atoms in total. The fourth-order valence-electron chi connectivity index (χ4n) is 4.19. The van der Waals surface area contributed by atoms with Crippen LogP contribution >= 0.6 is 0 Å². The van der Waals surface area contributed by atoms with Crippen molar-refractivity contribution in [1.29, 1.82) is 0 Å². The summed E-state index contributed by atoms with van der Waals surface area (Å²) in [6.45, 7) is 4.53. The minimum Gasteiger partial charge on any atom is -0.477 e. The Balaban J connectivity index is 4.47. The van der Waals surface area contributed by atoms with E-state index in [1.807, 2.05) is 21.1 Å². The van der Waals surface area contributed by atoms with Gasteiger partial charge in [0.1, 0.15) is 6.61 Å². The maximum Gasteiger partial charge on any atom is 0.362 e. The highest BCUT2D eigenvalue weighted by Gasteiger charge is 2.31. The van der Waals surface area contributed by atoms with Crippen LogP contribution < -0.4 is 0 Å². The van der Waals surface area contributed by atoms with Crippen LogP contribution in [0.3, 0.4) is 0 Å². The number of carbonyl (C=O) groups excluding carboxylic acids is 2. The van der Waals surface area contributed by atoms with E-state index in [9.17, 15) is 19.5 Å². The lowest BCUT2D eigenvalue weighted by Gasteiger charge is -2.31. The molecule has 2 atom stereocenters. The summed E-state index contributed by atoms with van der Waals surface area (Å²) in [5, 5.41) is 9.49. The van der Waals surface area contributed by atoms with Crippen LogP contribution in [0.2, 0.25) is 0 Å². The van der Waals surface area contributed by atoms with Gasteiger partial charge in [-0.3, -0.25) is 9.59 Å². The number of unbranched alkanes of at least 4 members (excludes halogenated alkanes) is 10. The van der Waals surface area contributed by atoms with E-state index in [-0.39, 0.29) is 36.2 Å². The van der Waals surface area contributed by atoms with E-state index in [0.717, 1.165) is 57.8 Å². The summed E-state index contributed by atoms with van der Waals surface area (Å²) in [5.74, 6) is -1.51. The summed E-state index contributed by atoms with van der Waals surface area (Å²) < 4.78 is 16.9. The maximum absolute atomic E-state index is 12.5. The lowest BCUT2D eigenvalue weighted by atomic mass is 10.1. The van der Waals surface area contributed by atoms with Crippen molar-refractivity contribution in [3.05, 3.63) is 12.2 Å².